The van der Waals surface area contributed by atoms with Crippen LogP contribution in [0.2, 0.25) is 0 Å². The fraction of sp³-hybridized carbons (Fsp3) is 0.294. The third-order valence-corrected chi connectivity index (χ3v) is 5.89. The summed E-state index contributed by atoms with van der Waals surface area (Å²) in [6.45, 7) is 2.47. The van der Waals surface area contributed by atoms with Crippen molar-refractivity contribution < 1.29 is 17.9 Å². The number of methoxy groups -OCH3 is 2. The third kappa shape index (κ3) is 2.53. The number of para-hydroxylation sites is 1. The highest BCUT2D eigenvalue weighted by Gasteiger charge is 2.34. The highest BCUT2D eigenvalue weighted by Crippen LogP contribution is 2.40. The van der Waals surface area contributed by atoms with Gasteiger partial charge in [0.05, 0.1) is 24.8 Å². The zero-order chi connectivity index (χ0) is 16.6. The molecule has 0 unspecified atom stereocenters. The van der Waals surface area contributed by atoms with Gasteiger partial charge in [-0.3, -0.25) is 4.31 Å². The predicted molar refractivity (Wildman–Crippen MR) is 88.9 cm³/mol. The Bertz CT molecular complexity index is 832. The molecule has 23 heavy (non-hydrogen) atoms. The first-order valence-corrected chi connectivity index (χ1v) is 8.76. The molecule has 1 heterocycles. The van der Waals surface area contributed by atoms with Gasteiger partial charge in [-0.15, -0.1) is 0 Å². The van der Waals surface area contributed by atoms with Crippen LogP contribution in [0.1, 0.15) is 18.4 Å². The van der Waals surface area contributed by atoms with E-state index in [0.29, 0.717) is 18.0 Å². The number of ether oxygens (including phenoxy) is 2. The Morgan fingerprint density at radius 3 is 2.43 bits per heavy atom. The minimum Gasteiger partial charge on any atom is -0.493 e. The Morgan fingerprint density at radius 1 is 1.04 bits per heavy atom. The minimum absolute atomic E-state index is 0.168. The van der Waals surface area contributed by atoms with Crippen LogP contribution in [0.4, 0.5) is 5.69 Å². The molecule has 0 radical (unpaired) electrons. The van der Waals surface area contributed by atoms with Crippen LogP contribution in [-0.4, -0.2) is 29.2 Å². The van der Waals surface area contributed by atoms with E-state index in [9.17, 15) is 8.42 Å². The Hall–Kier alpha value is -2.21. The van der Waals surface area contributed by atoms with E-state index in [4.69, 9.17) is 9.47 Å². The van der Waals surface area contributed by atoms with Gasteiger partial charge in [-0.25, -0.2) is 8.42 Å². The summed E-state index contributed by atoms with van der Waals surface area (Å²) in [6.07, 6.45) is 0. The summed E-state index contributed by atoms with van der Waals surface area (Å²) in [7, 11) is -0.639. The van der Waals surface area contributed by atoms with Crippen molar-refractivity contribution in [2.45, 2.75) is 17.7 Å². The maximum atomic E-state index is 13.0. The zero-order valence-corrected chi connectivity index (χ0v) is 14.1. The zero-order valence-electron chi connectivity index (χ0n) is 13.3. The van der Waals surface area contributed by atoms with E-state index in [2.05, 4.69) is 0 Å². The standard InChI is InChI=1S/C17H19NO4S/c1-12-11-18(15-7-5-4-6-14(12)15)23(19,20)13-8-9-16(21-2)17(10-13)22-3/h4-10,12H,11H2,1-3H3/t12-/m1/s1. The first-order valence-electron chi connectivity index (χ1n) is 7.32. The minimum atomic E-state index is -3.64. The molecule has 6 heteroatoms. The van der Waals surface area contributed by atoms with Gasteiger partial charge in [0.2, 0.25) is 0 Å². The van der Waals surface area contributed by atoms with Crippen LogP contribution in [0.5, 0.6) is 11.5 Å². The van der Waals surface area contributed by atoms with E-state index in [1.54, 1.807) is 12.1 Å². The smallest absolute Gasteiger partial charge is 0.264 e. The van der Waals surface area contributed by atoms with Crippen LogP contribution in [0.15, 0.2) is 47.4 Å². The number of sulfonamides is 1. The van der Waals surface area contributed by atoms with Crippen LogP contribution in [0, 0.1) is 0 Å². The summed E-state index contributed by atoms with van der Waals surface area (Å²) in [5, 5.41) is 0. The van der Waals surface area contributed by atoms with E-state index < -0.39 is 10.0 Å². The SMILES string of the molecule is COc1ccc(S(=O)(=O)N2C[C@@H](C)c3ccccc32)cc1OC. The second kappa shape index (κ2) is 5.77. The van der Waals surface area contributed by atoms with Crippen LogP contribution in [0.25, 0.3) is 0 Å². The molecule has 0 amide bonds. The molecule has 2 aromatic carbocycles. The summed E-state index contributed by atoms with van der Waals surface area (Å²) in [5.41, 5.74) is 1.80. The number of nitrogens with zero attached hydrogens (tertiary/aromatic N) is 1. The van der Waals surface area contributed by atoms with Crippen LogP contribution in [0.3, 0.4) is 0 Å². The first kappa shape index (κ1) is 15.7. The average Bonchev–Trinajstić information content (AvgIpc) is 2.92. The first-order chi connectivity index (χ1) is 11.0. The van der Waals surface area contributed by atoms with Crippen LogP contribution < -0.4 is 13.8 Å². The molecule has 122 valence electrons. The lowest BCUT2D eigenvalue weighted by molar-refractivity contribution is 0.354. The molecule has 0 saturated heterocycles. The largest absolute Gasteiger partial charge is 0.493 e. The van der Waals surface area contributed by atoms with E-state index in [-0.39, 0.29) is 10.8 Å². The lowest BCUT2D eigenvalue weighted by atomic mass is 10.0. The highest BCUT2D eigenvalue weighted by atomic mass is 32.2. The highest BCUT2D eigenvalue weighted by molar-refractivity contribution is 7.92. The maximum absolute atomic E-state index is 13.0. The molecular weight excluding hydrogens is 314 g/mol. The second-order valence-electron chi connectivity index (χ2n) is 5.51. The molecule has 1 aliphatic heterocycles. The van der Waals surface area contributed by atoms with E-state index >= 15 is 0 Å². The Balaban J connectivity index is 2.07. The van der Waals surface area contributed by atoms with Crippen molar-refractivity contribution in [2.24, 2.45) is 0 Å². The maximum Gasteiger partial charge on any atom is 0.264 e. The quantitative estimate of drug-likeness (QED) is 0.863. The number of hydrogen-bond donors (Lipinski definition) is 0. The molecule has 5 nitrogen and oxygen atoms in total. The van der Waals surface area contributed by atoms with Crippen molar-refractivity contribution in [3.63, 3.8) is 0 Å². The van der Waals surface area contributed by atoms with Crippen molar-refractivity contribution in [1.82, 2.24) is 0 Å². The molecule has 1 atom stereocenters. The Morgan fingerprint density at radius 2 is 1.74 bits per heavy atom. The normalized spacial score (nSPS) is 17.0. The van der Waals surface area contributed by atoms with E-state index in [1.165, 1.54) is 24.6 Å². The summed E-state index contributed by atoms with van der Waals surface area (Å²) in [4.78, 5) is 0.194. The Kier molecular flexibility index (Phi) is 3.93. The number of hydrogen-bond acceptors (Lipinski definition) is 4. The third-order valence-electron chi connectivity index (χ3n) is 4.12. The second-order valence-corrected chi connectivity index (χ2v) is 7.38. The van der Waals surface area contributed by atoms with Gasteiger partial charge >= 0.3 is 0 Å². The van der Waals surface area contributed by atoms with Gasteiger partial charge in [0.15, 0.2) is 11.5 Å². The van der Waals surface area contributed by atoms with Gasteiger partial charge in [0.1, 0.15) is 0 Å². The summed E-state index contributed by atoms with van der Waals surface area (Å²) in [6, 6.07) is 12.3. The topological polar surface area (TPSA) is 55.8 Å². The van der Waals surface area contributed by atoms with Gasteiger partial charge in [-0.1, -0.05) is 25.1 Å². The monoisotopic (exact) mass is 333 g/mol. The van der Waals surface area contributed by atoms with Crippen LogP contribution >= 0.6 is 0 Å². The molecule has 0 aliphatic carbocycles. The molecule has 0 N–H and O–H groups in total. The number of fused-ring (bicyclic) bond motifs is 1. The molecule has 2 aromatic rings. The van der Waals surface area contributed by atoms with Crippen molar-refractivity contribution in [1.29, 1.82) is 0 Å². The average molecular weight is 333 g/mol. The van der Waals surface area contributed by atoms with Gasteiger partial charge in [-0.2, -0.15) is 0 Å². The summed E-state index contributed by atoms with van der Waals surface area (Å²) >= 11 is 0. The molecule has 0 saturated carbocycles. The molecule has 0 aromatic heterocycles. The van der Waals surface area contributed by atoms with Crippen molar-refractivity contribution in [3.05, 3.63) is 48.0 Å². The molecule has 0 fully saturated rings. The fourth-order valence-electron chi connectivity index (χ4n) is 2.91. The van der Waals surface area contributed by atoms with Gasteiger partial charge in [0.25, 0.3) is 10.0 Å². The van der Waals surface area contributed by atoms with Crippen LogP contribution in [-0.2, 0) is 10.0 Å². The number of anilines is 1. The van der Waals surface area contributed by atoms with Crippen molar-refractivity contribution in [3.8, 4) is 11.5 Å². The lowest BCUT2D eigenvalue weighted by Gasteiger charge is -2.20. The van der Waals surface area contributed by atoms with Gasteiger partial charge < -0.3 is 9.47 Å². The fourth-order valence-corrected chi connectivity index (χ4v) is 4.50. The summed E-state index contributed by atoms with van der Waals surface area (Å²) < 4.78 is 37.9. The van der Waals surface area contributed by atoms with E-state index in [1.807, 2.05) is 31.2 Å². The predicted octanol–water partition coefficient (Wildman–Crippen LogP) is 3.02. The number of benzene rings is 2. The summed E-state index contributed by atoms with van der Waals surface area (Å²) in [5.74, 6) is 1.07. The molecular formula is C17H19NO4S. The Labute approximate surface area is 136 Å². The molecule has 3 rings (SSSR count). The van der Waals surface area contributed by atoms with E-state index in [0.717, 1.165) is 11.3 Å². The molecule has 1 aliphatic rings. The van der Waals surface area contributed by atoms with Gasteiger partial charge in [-0.05, 0) is 23.8 Å². The molecule has 0 bridgehead atoms. The van der Waals surface area contributed by atoms with Gasteiger partial charge in [0, 0.05) is 18.5 Å². The van der Waals surface area contributed by atoms with Crippen molar-refractivity contribution >= 4 is 15.7 Å². The lowest BCUT2D eigenvalue weighted by Crippen LogP contribution is -2.29. The van der Waals surface area contributed by atoms with Crippen molar-refractivity contribution in [2.75, 3.05) is 25.1 Å². The molecule has 0 spiro atoms. The number of rotatable bonds is 4.